The number of ether oxygens (including phenoxy) is 1. The number of nitrogens with zero attached hydrogens (tertiary/aromatic N) is 8. The Bertz CT molecular complexity index is 3120. The van der Waals surface area contributed by atoms with Crippen LogP contribution in [-0.2, 0) is 26.2 Å². The van der Waals surface area contributed by atoms with Crippen molar-refractivity contribution in [2.45, 2.75) is 69.1 Å². The highest BCUT2D eigenvalue weighted by molar-refractivity contribution is 6.30. The van der Waals surface area contributed by atoms with Gasteiger partial charge in [0.15, 0.2) is 12.4 Å². The average Bonchev–Trinajstić information content (AvgIpc) is 3.84. The summed E-state index contributed by atoms with van der Waals surface area (Å²) >= 11 is 6.09. The van der Waals surface area contributed by atoms with Crippen LogP contribution in [0.5, 0.6) is 0 Å². The molecule has 0 spiro atoms. The lowest BCUT2D eigenvalue weighted by Gasteiger charge is -2.34. The Hall–Kier alpha value is -6.71. The summed E-state index contributed by atoms with van der Waals surface area (Å²) in [4.78, 5) is 64.2. The number of fused-ring (bicyclic) bond motifs is 2. The highest BCUT2D eigenvalue weighted by Crippen LogP contribution is 2.36. The van der Waals surface area contributed by atoms with Crippen LogP contribution in [0, 0.1) is 5.82 Å². The molecule has 6 heterocycles. The van der Waals surface area contributed by atoms with E-state index in [1.54, 1.807) is 23.9 Å². The summed E-state index contributed by atoms with van der Waals surface area (Å²) in [6, 6.07) is 9.52. The summed E-state index contributed by atoms with van der Waals surface area (Å²) in [5, 5.41) is 16.8. The molecule has 5 aliphatic rings. The van der Waals surface area contributed by atoms with E-state index in [0.717, 1.165) is 77.7 Å². The third-order valence-electron chi connectivity index (χ3n) is 13.9. The Morgan fingerprint density at radius 1 is 1.03 bits per heavy atom. The van der Waals surface area contributed by atoms with Gasteiger partial charge in [-0.1, -0.05) is 29.1 Å². The second-order valence-electron chi connectivity index (χ2n) is 18.4. The predicted molar refractivity (Wildman–Crippen MR) is 259 cm³/mol. The Morgan fingerprint density at radius 2 is 1.86 bits per heavy atom. The fourth-order valence-electron chi connectivity index (χ4n) is 10.1. The molecule has 2 aliphatic carbocycles. The van der Waals surface area contributed by atoms with Gasteiger partial charge >= 0.3 is 5.69 Å². The zero-order valence-corrected chi connectivity index (χ0v) is 39.0. The Morgan fingerprint density at radius 3 is 2.59 bits per heavy atom. The number of hydrogen-bond acceptors (Lipinski definition) is 10. The molecule has 3 amide bonds. The van der Waals surface area contributed by atoms with Crippen molar-refractivity contribution in [3.63, 3.8) is 0 Å². The quantitative estimate of drug-likeness (QED) is 0.0615. The normalized spacial score (nSPS) is 22.7. The molecule has 3 N–H and O–H groups in total. The number of benzene rings is 2. The van der Waals surface area contributed by atoms with Crippen LogP contribution < -0.4 is 16.3 Å². The first-order chi connectivity index (χ1) is 33.4. The minimum atomic E-state index is -0.721. The van der Waals surface area contributed by atoms with E-state index < -0.39 is 17.8 Å². The van der Waals surface area contributed by atoms with E-state index >= 15 is 0 Å². The summed E-state index contributed by atoms with van der Waals surface area (Å²) in [6.45, 7) is 4.39. The van der Waals surface area contributed by atoms with Crippen LogP contribution in [0.3, 0.4) is 0 Å². The second-order valence-corrected chi connectivity index (χ2v) is 18.8. The average molecular weight is 956 g/mol. The summed E-state index contributed by atoms with van der Waals surface area (Å²) in [5.41, 5.74) is 12.9. The maximum Gasteiger partial charge on any atom is 0.329 e. The lowest BCUT2D eigenvalue weighted by molar-refractivity contribution is -0.459. The van der Waals surface area contributed by atoms with E-state index in [4.69, 9.17) is 21.3 Å². The second kappa shape index (κ2) is 19.7. The van der Waals surface area contributed by atoms with Gasteiger partial charge in [0, 0.05) is 110 Å². The van der Waals surface area contributed by atoms with Crippen molar-refractivity contribution in [1.82, 2.24) is 38.8 Å². The number of imide groups is 1. The van der Waals surface area contributed by atoms with Gasteiger partial charge < -0.3 is 24.6 Å². The number of allylic oxidation sites excluding steroid dienone is 3. The van der Waals surface area contributed by atoms with Gasteiger partial charge in [-0.05, 0) is 86.2 Å². The number of carbonyl (C=O) groups is 3. The molecule has 356 valence electrons. The van der Waals surface area contributed by atoms with Gasteiger partial charge in [-0.15, -0.1) is 0 Å². The van der Waals surface area contributed by atoms with E-state index in [1.807, 2.05) is 41.6 Å². The van der Waals surface area contributed by atoms with Crippen LogP contribution in [0.25, 0.3) is 27.6 Å². The molecule has 2 unspecified atom stereocenters. The molecule has 3 aliphatic heterocycles. The number of rotatable bonds is 12. The lowest BCUT2D eigenvalue weighted by atomic mass is 9.93. The first-order valence-electron chi connectivity index (χ1n) is 23.6. The van der Waals surface area contributed by atoms with Crippen molar-refractivity contribution in [3.8, 4) is 0 Å². The lowest BCUT2D eigenvalue weighted by Crippen LogP contribution is -2.50. The van der Waals surface area contributed by atoms with Crippen molar-refractivity contribution in [2.75, 3.05) is 57.8 Å². The summed E-state index contributed by atoms with van der Waals surface area (Å²) in [7, 11) is 1.70. The Kier molecular flexibility index (Phi) is 13.2. The van der Waals surface area contributed by atoms with E-state index in [9.17, 15) is 28.7 Å². The number of carbonyl (C=O) groups excluding carboxylic acids is 3. The fraction of sp³-hybridized carbons (Fsp3) is 0.392. The van der Waals surface area contributed by atoms with Gasteiger partial charge in [-0.2, -0.15) is 4.98 Å². The monoisotopic (exact) mass is 955 g/mol. The minimum Gasteiger partial charge on any atom is -0.393 e. The van der Waals surface area contributed by atoms with Crippen molar-refractivity contribution in [2.24, 2.45) is 7.05 Å². The number of halogens is 2. The first-order valence-corrected chi connectivity index (χ1v) is 23.9. The largest absolute Gasteiger partial charge is 0.393 e. The molecule has 3 aromatic heterocycles. The molecule has 0 bridgehead atoms. The van der Waals surface area contributed by atoms with Crippen molar-refractivity contribution < 1.29 is 33.2 Å². The fourth-order valence-corrected chi connectivity index (χ4v) is 10.3. The number of amides is 3. The Balaban J connectivity index is 0.717. The number of aryl methyl sites for hydroxylation is 1. The van der Waals surface area contributed by atoms with Crippen molar-refractivity contribution in [3.05, 3.63) is 123 Å². The maximum absolute atomic E-state index is 14.1. The standard InChI is InChI=1S/C51H52ClFN10O6/c1-58-45-24-35(6-11-43(45)63(51(58)68)44-12-13-46(65)56-49(44)67)33-14-16-59(17-15-33)22-23-69-31-47(66)61-20-18-60(19-21-61)29-32-2-4-34(5-3-32)42-30-62(39-7-9-40(64)10-8-39)48-41(42)28-54-50(57-48)55-38-26-36(52)25-37(53)27-38/h2,4,6,11,14,16,22,24-28,30,33,39-40,44,64H,7-10,12-13,15,17-21,23,29,31H2,1H3,(H-,54,55,56,57,65,67)/p+1. The SMILES string of the molecule is Cn1c(=O)n(C2CCC(=O)NC2=O)c2ccc(C3C=C[N+](=CCOCC(=O)N4CCN(CC5=C=C=C(c6cn(C7CCC(O)CC7)c7nc(Nc8cc(F)cc(Cl)c8)ncc67)C=C5)CC4)CC3)cc21. The van der Waals surface area contributed by atoms with Crippen LogP contribution in [0.15, 0.2) is 95.0 Å². The van der Waals surface area contributed by atoms with Crippen molar-refractivity contribution in [1.29, 1.82) is 0 Å². The number of aliphatic hydroxyl groups excluding tert-OH is 1. The first kappa shape index (κ1) is 46.0. The zero-order valence-electron chi connectivity index (χ0n) is 38.2. The molecule has 3 fully saturated rings. The summed E-state index contributed by atoms with van der Waals surface area (Å²) < 4.78 is 27.2. The molecule has 2 aromatic carbocycles. The number of anilines is 2. The Labute approximate surface area is 402 Å². The van der Waals surface area contributed by atoms with E-state index in [0.29, 0.717) is 62.7 Å². The number of hydrogen-bond donors (Lipinski definition) is 3. The molecule has 5 aromatic rings. The molecule has 1 saturated carbocycles. The number of aromatic nitrogens is 5. The zero-order chi connectivity index (χ0) is 47.8. The van der Waals surface area contributed by atoms with E-state index in [-0.39, 0.29) is 53.6 Å². The summed E-state index contributed by atoms with van der Waals surface area (Å²) in [5.74, 6) is -0.812. The molecule has 10 rings (SSSR count). The number of nitrogens with one attached hydrogen (secondary N) is 2. The number of imidazole rings is 1. The van der Waals surface area contributed by atoms with Gasteiger partial charge in [0.05, 0.1) is 17.1 Å². The molecule has 18 heteroatoms. The smallest absolute Gasteiger partial charge is 0.329 e. The minimum absolute atomic E-state index is 0.00192. The third-order valence-corrected chi connectivity index (χ3v) is 14.1. The van der Waals surface area contributed by atoms with Crippen LogP contribution in [0.1, 0.15) is 74.1 Å². The number of aliphatic hydroxyl groups is 1. The highest BCUT2D eigenvalue weighted by Gasteiger charge is 2.32. The molecule has 2 saturated heterocycles. The van der Waals surface area contributed by atoms with Gasteiger partial charge in [0.2, 0.25) is 23.7 Å². The van der Waals surface area contributed by atoms with E-state index in [2.05, 4.69) is 59.5 Å². The highest BCUT2D eigenvalue weighted by atomic mass is 35.5. The molecular weight excluding hydrogens is 903 g/mol. The summed E-state index contributed by atoms with van der Waals surface area (Å²) in [6.07, 6.45) is 18.1. The van der Waals surface area contributed by atoms with Gasteiger partial charge in [0.1, 0.15) is 37.3 Å². The van der Waals surface area contributed by atoms with Crippen LogP contribution in [-0.4, -0.2) is 126 Å². The van der Waals surface area contributed by atoms with Gasteiger partial charge in [-0.3, -0.25) is 33.7 Å². The predicted octanol–water partition coefficient (Wildman–Crippen LogP) is 5.65. The maximum atomic E-state index is 14.1. The van der Waals surface area contributed by atoms with Gasteiger partial charge in [0.25, 0.3) is 0 Å². The van der Waals surface area contributed by atoms with Crippen LogP contribution in [0.2, 0.25) is 5.02 Å². The van der Waals surface area contributed by atoms with Crippen LogP contribution in [0.4, 0.5) is 16.0 Å². The molecule has 2 atom stereocenters. The third kappa shape index (κ3) is 9.93. The molecule has 16 nitrogen and oxygen atoms in total. The molecule has 69 heavy (non-hydrogen) atoms. The number of piperazine rings is 1. The molecular formula is C51H53ClFN10O6+. The van der Waals surface area contributed by atoms with Crippen molar-refractivity contribution >= 4 is 74.8 Å². The van der Waals surface area contributed by atoms with Gasteiger partial charge in [-0.25, -0.2) is 18.7 Å². The molecule has 0 radical (unpaired) electrons. The topological polar surface area (TPSA) is 172 Å². The van der Waals surface area contributed by atoms with Crippen LogP contribution >= 0.6 is 11.6 Å². The van der Waals surface area contributed by atoms with E-state index in [1.165, 1.54) is 16.7 Å². The number of piperidine rings is 1.